The third-order valence-electron chi connectivity index (χ3n) is 8.88. The molecule has 4 aliphatic rings. The van der Waals surface area contributed by atoms with E-state index in [0.29, 0.717) is 17.1 Å². The highest BCUT2D eigenvalue weighted by Gasteiger charge is 2.76. The molecule has 4 aliphatic carbocycles. The Morgan fingerprint density at radius 2 is 2.00 bits per heavy atom. The molecule has 4 rings (SSSR count). The second-order valence-corrected chi connectivity index (χ2v) is 10.6. The Kier molecular flexibility index (Phi) is 4.97. The maximum absolute atomic E-state index is 14.2. The van der Waals surface area contributed by atoms with Crippen molar-refractivity contribution in [1.29, 1.82) is 0 Å². The van der Waals surface area contributed by atoms with Crippen molar-refractivity contribution in [3.05, 3.63) is 34.9 Å². The Balaban J connectivity index is 1.91. The number of rotatable bonds is 3. The van der Waals surface area contributed by atoms with Gasteiger partial charge in [0.05, 0.1) is 12.0 Å². The summed E-state index contributed by atoms with van der Waals surface area (Å²) in [6.07, 6.45) is 3.04. The van der Waals surface area contributed by atoms with E-state index in [1.54, 1.807) is 39.0 Å². The predicted octanol–water partition coefficient (Wildman–Crippen LogP) is 2.33. The minimum atomic E-state index is -2.08. The summed E-state index contributed by atoms with van der Waals surface area (Å²) in [7, 11) is 0. The average molecular weight is 431 g/mol. The average Bonchev–Trinajstić information content (AvgIpc) is 3.21. The van der Waals surface area contributed by atoms with Crippen LogP contribution >= 0.6 is 0 Å². The molecule has 1 spiro atoms. The fourth-order valence-electron chi connectivity index (χ4n) is 6.91. The maximum Gasteiger partial charge on any atom is 0.334 e. The number of carbonyl (C=O) groups excluding carboxylic acids is 2. The second kappa shape index (κ2) is 6.87. The summed E-state index contributed by atoms with van der Waals surface area (Å²) < 4.78 is 5.72. The highest BCUT2D eigenvalue weighted by Crippen LogP contribution is 2.71. The van der Waals surface area contributed by atoms with Gasteiger partial charge >= 0.3 is 5.97 Å². The first kappa shape index (κ1) is 22.4. The summed E-state index contributed by atoms with van der Waals surface area (Å²) in [4.78, 5) is 26.8. The van der Waals surface area contributed by atoms with Crippen LogP contribution in [0.15, 0.2) is 34.9 Å². The van der Waals surface area contributed by atoms with E-state index in [0.717, 1.165) is 6.42 Å². The SMILES string of the molecule is CC=C(C)C(=O)O[C@H]1C(C)=CC23C(=O)C(C=C(CO)[C@@H](O)[C@]12O)[C@H]1[C@@H](C[C@H]3C)C1(C)C. The van der Waals surface area contributed by atoms with E-state index < -0.39 is 41.7 Å². The predicted molar refractivity (Wildman–Crippen MR) is 115 cm³/mol. The van der Waals surface area contributed by atoms with Gasteiger partial charge < -0.3 is 20.1 Å². The Labute approximate surface area is 183 Å². The van der Waals surface area contributed by atoms with Gasteiger partial charge in [-0.3, -0.25) is 4.79 Å². The van der Waals surface area contributed by atoms with Gasteiger partial charge in [-0.2, -0.15) is 0 Å². The molecule has 2 saturated carbocycles. The molecule has 0 aromatic carbocycles. The number of Topliss-reactive ketones (excluding diaryl/α,β-unsaturated/α-hetero) is 1. The van der Waals surface area contributed by atoms with Gasteiger partial charge in [-0.25, -0.2) is 4.79 Å². The molecule has 2 unspecified atom stereocenters. The topological polar surface area (TPSA) is 104 Å². The summed E-state index contributed by atoms with van der Waals surface area (Å²) in [5.74, 6) is -1.13. The van der Waals surface area contributed by atoms with Crippen molar-refractivity contribution < 1.29 is 29.6 Å². The van der Waals surface area contributed by atoms with Crippen LogP contribution in [-0.4, -0.2) is 51.5 Å². The summed E-state index contributed by atoms with van der Waals surface area (Å²) >= 11 is 0. The Hall–Kier alpha value is -1.76. The highest BCUT2D eigenvalue weighted by atomic mass is 16.6. The van der Waals surface area contributed by atoms with Crippen molar-refractivity contribution in [2.24, 2.45) is 34.5 Å². The number of ether oxygens (including phenoxy) is 1. The molecule has 0 amide bonds. The number of hydrogen-bond donors (Lipinski definition) is 3. The van der Waals surface area contributed by atoms with Crippen molar-refractivity contribution >= 4 is 11.8 Å². The van der Waals surface area contributed by atoms with Gasteiger partial charge in [-0.1, -0.05) is 39.0 Å². The van der Waals surface area contributed by atoms with E-state index >= 15 is 0 Å². The van der Waals surface area contributed by atoms with Crippen LogP contribution in [0.25, 0.3) is 0 Å². The van der Waals surface area contributed by atoms with Crippen LogP contribution in [0.4, 0.5) is 0 Å². The number of aliphatic hydroxyl groups excluding tert-OH is 2. The molecule has 0 aliphatic heterocycles. The van der Waals surface area contributed by atoms with Crippen LogP contribution in [-0.2, 0) is 14.3 Å². The van der Waals surface area contributed by atoms with Crippen LogP contribution in [0.3, 0.4) is 0 Å². The van der Waals surface area contributed by atoms with Gasteiger partial charge in [0.1, 0.15) is 6.10 Å². The van der Waals surface area contributed by atoms with Gasteiger partial charge in [-0.05, 0) is 61.5 Å². The van der Waals surface area contributed by atoms with Crippen LogP contribution < -0.4 is 0 Å². The van der Waals surface area contributed by atoms with Crippen LogP contribution in [0.5, 0.6) is 0 Å². The molecule has 8 atom stereocenters. The zero-order chi connectivity index (χ0) is 23.1. The fraction of sp³-hybridized carbons (Fsp3) is 0.680. The van der Waals surface area contributed by atoms with E-state index in [1.807, 2.05) is 6.92 Å². The zero-order valence-corrected chi connectivity index (χ0v) is 19.2. The largest absolute Gasteiger partial charge is 0.451 e. The van der Waals surface area contributed by atoms with Crippen molar-refractivity contribution in [3.8, 4) is 0 Å². The standard InChI is InChI=1S/C25H34O6/c1-7-12(2)22(29)31-21-13(3)10-24-14(4)8-17-18(23(17,5)6)16(20(24)28)9-15(11-26)19(27)25(21,24)30/h7,9-10,14,16-19,21,26-27,30H,8,11H2,1-6H3/t14-,16?,17-,18+,19-,21+,24?,25+/m1/s1. The number of allylic oxidation sites excluding steroid dienone is 2. The first-order chi connectivity index (χ1) is 14.4. The molecule has 3 N–H and O–H groups in total. The maximum atomic E-state index is 14.2. The van der Waals surface area contributed by atoms with Gasteiger partial charge in [0.15, 0.2) is 17.5 Å². The van der Waals surface area contributed by atoms with Crippen molar-refractivity contribution in [3.63, 3.8) is 0 Å². The Morgan fingerprint density at radius 3 is 2.58 bits per heavy atom. The molecule has 0 heterocycles. The molecule has 0 saturated heterocycles. The molecule has 0 radical (unpaired) electrons. The summed E-state index contributed by atoms with van der Waals surface area (Å²) in [5.41, 5.74) is -2.36. The van der Waals surface area contributed by atoms with E-state index in [2.05, 4.69) is 13.8 Å². The smallest absolute Gasteiger partial charge is 0.334 e. The Morgan fingerprint density at radius 1 is 1.35 bits per heavy atom. The third kappa shape index (κ3) is 2.61. The number of hydrogen-bond acceptors (Lipinski definition) is 6. The van der Waals surface area contributed by atoms with Gasteiger partial charge in [0, 0.05) is 11.5 Å². The quantitative estimate of drug-likeness (QED) is 0.361. The second-order valence-electron chi connectivity index (χ2n) is 10.6. The van der Waals surface area contributed by atoms with E-state index in [-0.39, 0.29) is 28.6 Å². The molecular formula is C25H34O6. The lowest BCUT2D eigenvalue weighted by Crippen LogP contribution is -2.65. The van der Waals surface area contributed by atoms with Crippen molar-refractivity contribution in [1.82, 2.24) is 0 Å². The van der Waals surface area contributed by atoms with E-state index in [1.165, 1.54) is 0 Å². The molecule has 0 aromatic rings. The molecule has 6 nitrogen and oxygen atoms in total. The van der Waals surface area contributed by atoms with E-state index in [4.69, 9.17) is 4.74 Å². The van der Waals surface area contributed by atoms with Crippen LogP contribution in [0, 0.1) is 34.5 Å². The lowest BCUT2D eigenvalue weighted by Gasteiger charge is -2.48. The minimum absolute atomic E-state index is 0.0209. The zero-order valence-electron chi connectivity index (χ0n) is 19.2. The van der Waals surface area contributed by atoms with Crippen molar-refractivity contribution in [2.75, 3.05) is 6.61 Å². The van der Waals surface area contributed by atoms with E-state index in [9.17, 15) is 24.9 Å². The monoisotopic (exact) mass is 430 g/mol. The van der Waals surface area contributed by atoms with Gasteiger partial charge in [0.2, 0.25) is 0 Å². The molecule has 170 valence electrons. The van der Waals surface area contributed by atoms with Crippen molar-refractivity contribution in [2.45, 2.75) is 65.8 Å². The first-order valence-corrected chi connectivity index (χ1v) is 11.2. The highest BCUT2D eigenvalue weighted by molar-refractivity contribution is 5.96. The lowest BCUT2D eigenvalue weighted by molar-refractivity contribution is -0.201. The molecule has 2 bridgehead atoms. The number of fused-ring (bicyclic) bond motifs is 3. The molecule has 2 fully saturated rings. The van der Waals surface area contributed by atoms with Crippen LogP contribution in [0.1, 0.15) is 48.0 Å². The summed E-state index contributed by atoms with van der Waals surface area (Å²) in [5, 5.41) is 33.7. The number of carbonyl (C=O) groups is 2. The minimum Gasteiger partial charge on any atom is -0.451 e. The molecule has 31 heavy (non-hydrogen) atoms. The Bertz CT molecular complexity index is 926. The molecule has 0 aromatic heterocycles. The number of esters is 1. The number of ketones is 1. The summed E-state index contributed by atoms with van der Waals surface area (Å²) in [6.45, 7) is 10.8. The normalized spacial score (nSPS) is 45.6. The van der Waals surface area contributed by atoms with Gasteiger partial charge in [-0.15, -0.1) is 0 Å². The fourth-order valence-corrected chi connectivity index (χ4v) is 6.91. The molecular weight excluding hydrogens is 396 g/mol. The summed E-state index contributed by atoms with van der Waals surface area (Å²) in [6, 6.07) is 0. The third-order valence-corrected chi connectivity index (χ3v) is 8.88. The molecule has 6 heteroatoms. The number of aliphatic hydroxyl groups is 3. The first-order valence-electron chi connectivity index (χ1n) is 11.2. The van der Waals surface area contributed by atoms with Gasteiger partial charge in [0.25, 0.3) is 0 Å². The van der Waals surface area contributed by atoms with Crippen LogP contribution in [0.2, 0.25) is 0 Å². The lowest BCUT2D eigenvalue weighted by atomic mass is 9.59.